The number of para-hydroxylation sites is 1. The van der Waals surface area contributed by atoms with Crippen molar-refractivity contribution < 1.29 is 9.84 Å². The van der Waals surface area contributed by atoms with Crippen LogP contribution in [0.15, 0.2) is 59.7 Å². The molecule has 1 aliphatic rings. The molecule has 1 N–H and O–H groups in total. The van der Waals surface area contributed by atoms with Gasteiger partial charge in [-0.3, -0.25) is 9.48 Å². The molecular formula is C24H24N4O3. The topological polar surface area (TPSA) is 82.2 Å². The van der Waals surface area contributed by atoms with Crippen molar-refractivity contribution in [2.45, 2.75) is 38.5 Å². The van der Waals surface area contributed by atoms with E-state index in [4.69, 9.17) is 4.74 Å². The highest BCUT2D eigenvalue weighted by Crippen LogP contribution is 2.36. The molecule has 158 valence electrons. The van der Waals surface area contributed by atoms with E-state index in [0.717, 1.165) is 34.4 Å². The van der Waals surface area contributed by atoms with Crippen molar-refractivity contribution in [2.24, 2.45) is 0 Å². The van der Waals surface area contributed by atoms with E-state index in [0.29, 0.717) is 17.8 Å². The van der Waals surface area contributed by atoms with Crippen LogP contribution in [0.3, 0.4) is 0 Å². The van der Waals surface area contributed by atoms with Crippen molar-refractivity contribution in [3.63, 3.8) is 0 Å². The number of hydrogen-bond acceptors (Lipinski definition) is 5. The van der Waals surface area contributed by atoms with Gasteiger partial charge >= 0.3 is 0 Å². The molecule has 0 saturated heterocycles. The van der Waals surface area contributed by atoms with E-state index < -0.39 is 5.60 Å². The molecule has 0 unspecified atom stereocenters. The summed E-state index contributed by atoms with van der Waals surface area (Å²) in [6.45, 7) is 3.97. The van der Waals surface area contributed by atoms with E-state index in [1.807, 2.05) is 41.1 Å². The molecule has 3 heterocycles. The number of methoxy groups -OCH3 is 1. The Morgan fingerprint density at radius 2 is 1.84 bits per heavy atom. The Kier molecular flexibility index (Phi) is 4.44. The Bertz CT molecular complexity index is 1330. The predicted octanol–water partition coefficient (Wildman–Crippen LogP) is 3.49. The van der Waals surface area contributed by atoms with E-state index in [2.05, 4.69) is 20.7 Å². The van der Waals surface area contributed by atoms with Crippen molar-refractivity contribution in [3.8, 4) is 16.9 Å². The lowest BCUT2D eigenvalue weighted by Crippen LogP contribution is -2.19. The predicted molar refractivity (Wildman–Crippen MR) is 118 cm³/mol. The number of rotatable bonds is 4. The van der Waals surface area contributed by atoms with Gasteiger partial charge in [-0.1, -0.05) is 24.3 Å². The molecule has 7 heteroatoms. The fourth-order valence-electron chi connectivity index (χ4n) is 4.38. The second-order valence-electron chi connectivity index (χ2n) is 8.41. The number of aliphatic hydroxyl groups is 1. The third-order valence-corrected chi connectivity index (χ3v) is 5.91. The average Bonchev–Trinajstić information content (AvgIpc) is 3.33. The van der Waals surface area contributed by atoms with Crippen LogP contribution in [0.25, 0.3) is 22.0 Å². The molecule has 0 bridgehead atoms. The van der Waals surface area contributed by atoms with Gasteiger partial charge in [-0.05, 0) is 44.0 Å². The van der Waals surface area contributed by atoms with Crippen molar-refractivity contribution in [1.82, 2.24) is 19.3 Å². The molecule has 31 heavy (non-hydrogen) atoms. The third kappa shape index (κ3) is 3.13. The summed E-state index contributed by atoms with van der Waals surface area (Å²) in [5.41, 5.74) is 2.61. The van der Waals surface area contributed by atoms with Crippen molar-refractivity contribution in [1.29, 1.82) is 0 Å². The van der Waals surface area contributed by atoms with Crippen LogP contribution in [0.1, 0.15) is 37.7 Å². The smallest absolute Gasteiger partial charge is 0.274 e. The SMILES string of the molecule is COc1ccccc1[C@@H]1CCn2c(=O)c3ccc(-c4cnc(C(C)(C)O)nc4)cc3n21. The van der Waals surface area contributed by atoms with Crippen LogP contribution in [0.5, 0.6) is 5.75 Å². The molecule has 0 amide bonds. The van der Waals surface area contributed by atoms with Gasteiger partial charge in [0.25, 0.3) is 5.56 Å². The summed E-state index contributed by atoms with van der Waals surface area (Å²) in [6, 6.07) is 13.8. The Hall–Kier alpha value is -3.45. The van der Waals surface area contributed by atoms with E-state index in [-0.39, 0.29) is 11.6 Å². The number of fused-ring (bicyclic) bond motifs is 3. The van der Waals surface area contributed by atoms with Crippen LogP contribution >= 0.6 is 0 Å². The summed E-state index contributed by atoms with van der Waals surface area (Å²) in [4.78, 5) is 21.6. The van der Waals surface area contributed by atoms with Gasteiger partial charge in [-0.25, -0.2) is 14.6 Å². The standard InChI is InChI=1S/C24H24N4O3/c1-24(2,30)23-25-13-16(14-26-23)15-8-9-18-20(12-15)28-19(10-11-27(28)22(18)29)17-6-4-5-7-21(17)31-3/h4-9,12-14,19,30H,10-11H2,1-3H3/t19-/m0/s1. The third-order valence-electron chi connectivity index (χ3n) is 5.91. The minimum atomic E-state index is -1.10. The zero-order valence-corrected chi connectivity index (χ0v) is 17.7. The van der Waals surface area contributed by atoms with Crippen LogP contribution in [0.4, 0.5) is 0 Å². The normalized spacial score (nSPS) is 15.9. The first-order valence-corrected chi connectivity index (χ1v) is 10.3. The van der Waals surface area contributed by atoms with Crippen LogP contribution < -0.4 is 10.3 Å². The first-order chi connectivity index (χ1) is 14.9. The molecule has 2 aromatic heterocycles. The van der Waals surface area contributed by atoms with E-state index in [9.17, 15) is 9.90 Å². The first-order valence-electron chi connectivity index (χ1n) is 10.3. The lowest BCUT2D eigenvalue weighted by molar-refractivity contribution is 0.0687. The maximum Gasteiger partial charge on any atom is 0.274 e. The molecule has 0 fully saturated rings. The van der Waals surface area contributed by atoms with Gasteiger partial charge in [0.1, 0.15) is 11.4 Å². The quantitative estimate of drug-likeness (QED) is 0.551. The molecule has 2 aromatic carbocycles. The van der Waals surface area contributed by atoms with Gasteiger partial charge in [0.05, 0.1) is 24.1 Å². The number of ether oxygens (including phenoxy) is 1. The molecule has 1 aliphatic heterocycles. The number of benzene rings is 2. The Labute approximate surface area is 179 Å². The summed E-state index contributed by atoms with van der Waals surface area (Å²) in [5.74, 6) is 1.19. The minimum Gasteiger partial charge on any atom is -0.496 e. The lowest BCUT2D eigenvalue weighted by atomic mass is 10.0. The van der Waals surface area contributed by atoms with Crippen LogP contribution in [0.2, 0.25) is 0 Å². The molecule has 5 rings (SSSR count). The molecule has 7 nitrogen and oxygen atoms in total. The van der Waals surface area contributed by atoms with Crippen LogP contribution in [0, 0.1) is 0 Å². The van der Waals surface area contributed by atoms with Crippen molar-refractivity contribution in [3.05, 3.63) is 76.6 Å². The van der Waals surface area contributed by atoms with Crippen LogP contribution in [-0.4, -0.2) is 31.5 Å². The fourth-order valence-corrected chi connectivity index (χ4v) is 4.38. The Morgan fingerprint density at radius 3 is 2.55 bits per heavy atom. The van der Waals surface area contributed by atoms with Crippen molar-refractivity contribution >= 4 is 10.9 Å². The molecule has 1 atom stereocenters. The molecule has 0 saturated carbocycles. The summed E-state index contributed by atoms with van der Waals surface area (Å²) >= 11 is 0. The molecule has 4 aromatic rings. The van der Waals surface area contributed by atoms with Crippen LogP contribution in [-0.2, 0) is 12.1 Å². The van der Waals surface area contributed by atoms with Gasteiger partial charge in [0.2, 0.25) is 0 Å². The zero-order chi connectivity index (χ0) is 21.8. The van der Waals surface area contributed by atoms with Gasteiger partial charge < -0.3 is 9.84 Å². The number of nitrogens with zero attached hydrogens (tertiary/aromatic N) is 4. The highest BCUT2D eigenvalue weighted by molar-refractivity contribution is 5.84. The summed E-state index contributed by atoms with van der Waals surface area (Å²) in [7, 11) is 1.67. The first kappa shape index (κ1) is 19.5. The monoisotopic (exact) mass is 416 g/mol. The van der Waals surface area contributed by atoms with Crippen molar-refractivity contribution in [2.75, 3.05) is 7.11 Å². The van der Waals surface area contributed by atoms with Gasteiger partial charge in [-0.2, -0.15) is 0 Å². The molecule has 0 aliphatic carbocycles. The van der Waals surface area contributed by atoms with E-state index in [1.165, 1.54) is 0 Å². The highest BCUT2D eigenvalue weighted by Gasteiger charge is 2.29. The Balaban J connectivity index is 1.64. The molecule has 0 radical (unpaired) electrons. The average molecular weight is 416 g/mol. The minimum absolute atomic E-state index is 0.0189. The highest BCUT2D eigenvalue weighted by atomic mass is 16.5. The summed E-state index contributed by atoms with van der Waals surface area (Å²) in [5, 5.41) is 10.8. The second kappa shape index (κ2) is 7.06. The van der Waals surface area contributed by atoms with Gasteiger partial charge in [0, 0.05) is 30.1 Å². The van der Waals surface area contributed by atoms with E-state index >= 15 is 0 Å². The maximum atomic E-state index is 13.0. The number of hydrogen-bond donors (Lipinski definition) is 1. The largest absolute Gasteiger partial charge is 0.496 e. The summed E-state index contributed by atoms with van der Waals surface area (Å²) in [6.07, 6.45) is 4.25. The van der Waals surface area contributed by atoms with Gasteiger partial charge in [0.15, 0.2) is 5.82 Å². The summed E-state index contributed by atoms with van der Waals surface area (Å²) < 4.78 is 9.49. The fraction of sp³-hybridized carbons (Fsp3) is 0.292. The Morgan fingerprint density at radius 1 is 1.10 bits per heavy atom. The lowest BCUT2D eigenvalue weighted by Gasteiger charge is -2.18. The van der Waals surface area contributed by atoms with E-state index in [1.54, 1.807) is 33.4 Å². The van der Waals surface area contributed by atoms with Gasteiger partial charge in [-0.15, -0.1) is 0 Å². The number of aromatic nitrogens is 4. The molecule has 0 spiro atoms. The zero-order valence-electron chi connectivity index (χ0n) is 17.7. The second-order valence-corrected chi connectivity index (χ2v) is 8.41. The maximum absolute atomic E-state index is 13.0. The molecular weight excluding hydrogens is 392 g/mol.